The minimum Gasteiger partial charge on any atom is -0.466 e. The molecule has 0 aromatic heterocycles. The molecule has 134 valence electrons. The molecule has 0 heterocycles. The van der Waals surface area contributed by atoms with Crippen LogP contribution in [0.3, 0.4) is 0 Å². The van der Waals surface area contributed by atoms with Crippen molar-refractivity contribution in [3.8, 4) is 0 Å². The van der Waals surface area contributed by atoms with Crippen LogP contribution in [-0.4, -0.2) is 22.5 Å². The van der Waals surface area contributed by atoms with E-state index in [4.69, 9.17) is 4.74 Å². The first-order valence-corrected chi connectivity index (χ1v) is 10.1. The van der Waals surface area contributed by atoms with Gasteiger partial charge in [0.05, 0.1) is 23.8 Å². The van der Waals surface area contributed by atoms with Gasteiger partial charge in [0.1, 0.15) is 0 Å². The highest BCUT2D eigenvalue weighted by molar-refractivity contribution is 7.85. The van der Waals surface area contributed by atoms with Crippen LogP contribution in [0, 0.1) is 6.92 Å². The lowest BCUT2D eigenvalue weighted by atomic mass is 10.1. The van der Waals surface area contributed by atoms with E-state index in [-0.39, 0.29) is 5.97 Å². The van der Waals surface area contributed by atoms with E-state index in [1.165, 1.54) is 5.56 Å². The van der Waals surface area contributed by atoms with Crippen LogP contribution < -0.4 is 0 Å². The Morgan fingerprint density at radius 1 is 1.00 bits per heavy atom. The zero-order chi connectivity index (χ0) is 18.1. The molecule has 0 saturated carbocycles. The lowest BCUT2D eigenvalue weighted by Gasteiger charge is -2.06. The fraction of sp³-hybridized carbons (Fsp3) is 0.381. The molecule has 0 aliphatic rings. The summed E-state index contributed by atoms with van der Waals surface area (Å²) >= 11 is 0. The molecule has 1 unspecified atom stereocenters. The molecule has 0 aliphatic carbocycles. The summed E-state index contributed by atoms with van der Waals surface area (Å²) < 4.78 is 17.3. The van der Waals surface area contributed by atoms with E-state index in [9.17, 15) is 9.00 Å². The molecule has 3 nitrogen and oxygen atoms in total. The molecule has 2 rings (SSSR count). The molecular formula is C21H26O3S. The summed E-state index contributed by atoms with van der Waals surface area (Å²) in [6, 6.07) is 16.0. The van der Waals surface area contributed by atoms with E-state index >= 15 is 0 Å². The zero-order valence-corrected chi connectivity index (χ0v) is 15.8. The van der Waals surface area contributed by atoms with Gasteiger partial charge in [-0.2, -0.15) is 0 Å². The molecule has 2 aromatic rings. The molecule has 0 spiro atoms. The molecule has 1 atom stereocenters. The van der Waals surface area contributed by atoms with E-state index in [0.717, 1.165) is 35.3 Å². The molecule has 2 aromatic carbocycles. The Morgan fingerprint density at radius 3 is 2.36 bits per heavy atom. The summed E-state index contributed by atoms with van der Waals surface area (Å²) in [6.45, 7) is 4.24. The number of ether oxygens (including phenoxy) is 1. The predicted molar refractivity (Wildman–Crippen MR) is 102 cm³/mol. The molecule has 0 aliphatic heterocycles. The molecule has 0 amide bonds. The Bertz CT molecular complexity index is 707. The van der Waals surface area contributed by atoms with Crippen molar-refractivity contribution in [2.24, 2.45) is 0 Å². The van der Waals surface area contributed by atoms with Crippen molar-refractivity contribution < 1.29 is 13.7 Å². The third-order valence-electron chi connectivity index (χ3n) is 4.06. The maximum atomic E-state index is 12.3. The molecule has 0 saturated heterocycles. The molecular weight excluding hydrogens is 332 g/mol. The van der Waals surface area contributed by atoms with Crippen LogP contribution in [0.4, 0.5) is 0 Å². The molecule has 0 bridgehead atoms. The van der Waals surface area contributed by atoms with Crippen molar-refractivity contribution in [2.45, 2.75) is 44.4 Å². The highest BCUT2D eigenvalue weighted by atomic mass is 32.2. The normalized spacial score (nSPS) is 11.9. The third-order valence-corrected chi connectivity index (χ3v) is 5.67. The average Bonchev–Trinajstić information content (AvgIpc) is 2.60. The Morgan fingerprint density at radius 2 is 1.68 bits per heavy atom. The van der Waals surface area contributed by atoms with Gasteiger partial charge < -0.3 is 4.74 Å². The van der Waals surface area contributed by atoms with E-state index < -0.39 is 10.8 Å². The van der Waals surface area contributed by atoms with Crippen molar-refractivity contribution in [1.29, 1.82) is 0 Å². The summed E-state index contributed by atoms with van der Waals surface area (Å²) in [7, 11) is -0.917. The van der Waals surface area contributed by atoms with Gasteiger partial charge in [-0.3, -0.25) is 9.00 Å². The van der Waals surface area contributed by atoms with Crippen molar-refractivity contribution in [1.82, 2.24) is 0 Å². The Labute approximate surface area is 152 Å². The highest BCUT2D eigenvalue weighted by Crippen LogP contribution is 2.15. The lowest BCUT2D eigenvalue weighted by molar-refractivity contribution is -0.142. The molecule has 4 heteroatoms. The van der Waals surface area contributed by atoms with E-state index in [1.54, 1.807) is 0 Å². The summed E-state index contributed by atoms with van der Waals surface area (Å²) in [5, 5.41) is 0. The Hall–Kier alpha value is -1.94. The number of hydrogen-bond donors (Lipinski definition) is 0. The van der Waals surface area contributed by atoms with E-state index in [0.29, 0.717) is 18.8 Å². The fourth-order valence-electron chi connectivity index (χ4n) is 2.69. The van der Waals surface area contributed by atoms with Crippen molar-refractivity contribution in [3.63, 3.8) is 0 Å². The van der Waals surface area contributed by atoms with Gasteiger partial charge in [0.25, 0.3) is 0 Å². The number of carbonyl (C=O) groups excluding carboxylic acids is 1. The van der Waals surface area contributed by atoms with Crippen molar-refractivity contribution >= 4 is 16.8 Å². The van der Waals surface area contributed by atoms with Gasteiger partial charge in [0, 0.05) is 10.6 Å². The molecule has 0 N–H and O–H groups in total. The average molecular weight is 359 g/mol. The number of unbranched alkanes of at least 4 members (excludes halogenated alkanes) is 1. The maximum absolute atomic E-state index is 12.3. The summed E-state index contributed by atoms with van der Waals surface area (Å²) in [6.07, 6.45) is 3.23. The summed E-state index contributed by atoms with van der Waals surface area (Å²) in [5.74, 6) is 0.514. The molecule has 25 heavy (non-hydrogen) atoms. The largest absolute Gasteiger partial charge is 0.466 e. The minimum atomic E-state index is -0.917. The van der Waals surface area contributed by atoms with Crippen molar-refractivity contribution in [3.05, 3.63) is 65.2 Å². The number of hydrogen-bond acceptors (Lipinski definition) is 3. The van der Waals surface area contributed by atoms with Crippen LogP contribution in [0.15, 0.2) is 53.4 Å². The Kier molecular flexibility index (Phi) is 7.86. The smallest absolute Gasteiger partial charge is 0.310 e. The summed E-state index contributed by atoms with van der Waals surface area (Å²) in [4.78, 5) is 12.4. The highest BCUT2D eigenvalue weighted by Gasteiger charge is 2.07. The maximum Gasteiger partial charge on any atom is 0.310 e. The van der Waals surface area contributed by atoms with Crippen LogP contribution in [0.1, 0.15) is 36.5 Å². The molecule has 0 fully saturated rings. The second-order valence-corrected chi connectivity index (χ2v) is 7.61. The Balaban J connectivity index is 1.74. The number of carbonyl (C=O) groups is 1. The van der Waals surface area contributed by atoms with Gasteiger partial charge >= 0.3 is 5.97 Å². The van der Waals surface area contributed by atoms with E-state index in [2.05, 4.69) is 12.1 Å². The van der Waals surface area contributed by atoms with Crippen LogP contribution in [0.25, 0.3) is 0 Å². The van der Waals surface area contributed by atoms with Crippen LogP contribution >= 0.6 is 0 Å². The monoisotopic (exact) mass is 358 g/mol. The fourth-order valence-corrected chi connectivity index (χ4v) is 4.03. The van der Waals surface area contributed by atoms with Gasteiger partial charge in [0.15, 0.2) is 0 Å². The van der Waals surface area contributed by atoms with E-state index in [1.807, 2.05) is 50.2 Å². The van der Waals surface area contributed by atoms with Crippen LogP contribution in [0.5, 0.6) is 0 Å². The third kappa shape index (κ3) is 6.46. The minimum absolute atomic E-state index is 0.186. The second-order valence-electron chi connectivity index (χ2n) is 6.07. The standard InChI is InChI=1S/C21H26O3S/c1-3-24-21(22)16-19-13-11-18(12-14-19)9-6-7-15-25(23)20-10-5-4-8-17(20)2/h4-5,8,10-14H,3,6-7,9,15-16H2,1-2H3. The van der Waals surface area contributed by atoms with Gasteiger partial charge in [-0.15, -0.1) is 0 Å². The first kappa shape index (κ1) is 19.4. The number of aryl methyl sites for hydroxylation is 2. The van der Waals surface area contributed by atoms with Gasteiger partial charge in [-0.1, -0.05) is 42.5 Å². The van der Waals surface area contributed by atoms with Crippen molar-refractivity contribution in [2.75, 3.05) is 12.4 Å². The van der Waals surface area contributed by atoms with Gasteiger partial charge in [-0.05, 0) is 55.9 Å². The predicted octanol–water partition coefficient (Wildman–Crippen LogP) is 4.23. The SMILES string of the molecule is CCOC(=O)Cc1ccc(CCCCS(=O)c2ccccc2C)cc1. The van der Waals surface area contributed by atoms with Crippen LogP contribution in [0.2, 0.25) is 0 Å². The molecule has 0 radical (unpaired) electrons. The first-order valence-electron chi connectivity index (χ1n) is 8.77. The topological polar surface area (TPSA) is 43.4 Å². The lowest BCUT2D eigenvalue weighted by Crippen LogP contribution is -2.07. The van der Waals surface area contributed by atoms with Gasteiger partial charge in [-0.25, -0.2) is 0 Å². The first-order chi connectivity index (χ1) is 12.1. The van der Waals surface area contributed by atoms with Crippen LogP contribution in [-0.2, 0) is 33.2 Å². The number of esters is 1. The zero-order valence-electron chi connectivity index (χ0n) is 15.0. The quantitative estimate of drug-likeness (QED) is 0.498. The number of benzene rings is 2. The van der Waals surface area contributed by atoms with Gasteiger partial charge in [0.2, 0.25) is 0 Å². The summed E-state index contributed by atoms with van der Waals surface area (Å²) in [5.41, 5.74) is 3.31. The second kappa shape index (κ2) is 10.1. The number of rotatable bonds is 9.